The van der Waals surface area contributed by atoms with Crippen LogP contribution in [0.25, 0.3) is 0 Å². The zero-order valence-corrected chi connectivity index (χ0v) is 9.51. The molecule has 4 N–H and O–H groups in total. The van der Waals surface area contributed by atoms with Crippen LogP contribution in [0.4, 0.5) is 0 Å². The topological polar surface area (TPSA) is 105 Å². The summed E-state index contributed by atoms with van der Waals surface area (Å²) in [6.45, 7) is 2.16. The smallest absolute Gasteiger partial charge is 0.214 e. The van der Waals surface area contributed by atoms with Gasteiger partial charge in [-0.2, -0.15) is 0 Å². The van der Waals surface area contributed by atoms with Gasteiger partial charge in [-0.3, -0.25) is 5.41 Å². The predicted molar refractivity (Wildman–Crippen MR) is 57.3 cm³/mol. The number of hydrogen-bond acceptors (Lipinski definition) is 4. The molecular formula is C8H17N3O3S. The Morgan fingerprint density at radius 2 is 2.40 bits per heavy atom. The van der Waals surface area contributed by atoms with Crippen molar-refractivity contribution in [2.75, 3.05) is 12.4 Å². The number of sulfonamides is 1. The van der Waals surface area contributed by atoms with Gasteiger partial charge in [0.15, 0.2) is 0 Å². The van der Waals surface area contributed by atoms with Crippen molar-refractivity contribution in [3.63, 3.8) is 0 Å². The summed E-state index contributed by atoms with van der Waals surface area (Å²) in [7, 11) is -3.41. The van der Waals surface area contributed by atoms with Gasteiger partial charge < -0.3 is 10.5 Å². The Hall–Kier alpha value is -0.660. The van der Waals surface area contributed by atoms with Gasteiger partial charge in [-0.25, -0.2) is 13.1 Å². The van der Waals surface area contributed by atoms with Crippen molar-refractivity contribution in [2.24, 2.45) is 5.73 Å². The Bertz CT molecular complexity index is 322. The highest BCUT2D eigenvalue weighted by atomic mass is 32.2. The van der Waals surface area contributed by atoms with Crippen LogP contribution in [-0.2, 0) is 14.8 Å². The molecule has 0 spiro atoms. The maximum Gasteiger partial charge on any atom is 0.214 e. The van der Waals surface area contributed by atoms with E-state index in [1.54, 1.807) is 0 Å². The molecule has 0 saturated carbocycles. The first kappa shape index (κ1) is 12.4. The molecular weight excluding hydrogens is 218 g/mol. The van der Waals surface area contributed by atoms with E-state index in [2.05, 4.69) is 4.72 Å². The van der Waals surface area contributed by atoms with Crippen LogP contribution in [0.3, 0.4) is 0 Å². The Labute approximate surface area is 89.7 Å². The molecule has 0 aromatic rings. The second-order valence-corrected chi connectivity index (χ2v) is 5.51. The van der Waals surface area contributed by atoms with Crippen LogP contribution >= 0.6 is 0 Å². The van der Waals surface area contributed by atoms with Gasteiger partial charge in [-0.15, -0.1) is 0 Å². The normalized spacial score (nSPS) is 23.9. The average molecular weight is 235 g/mol. The molecule has 2 unspecified atom stereocenters. The third kappa shape index (κ3) is 4.15. The minimum Gasteiger partial charge on any atom is -0.386 e. The third-order valence-corrected chi connectivity index (χ3v) is 3.78. The van der Waals surface area contributed by atoms with Gasteiger partial charge in [0.1, 0.15) is 5.84 Å². The zero-order chi connectivity index (χ0) is 11.5. The van der Waals surface area contributed by atoms with Gasteiger partial charge in [-0.1, -0.05) is 0 Å². The van der Waals surface area contributed by atoms with E-state index in [4.69, 9.17) is 15.9 Å². The lowest BCUT2D eigenvalue weighted by atomic mass is 10.3. The van der Waals surface area contributed by atoms with Crippen LogP contribution in [-0.4, -0.2) is 38.8 Å². The van der Waals surface area contributed by atoms with Crippen molar-refractivity contribution in [3.05, 3.63) is 0 Å². The summed E-state index contributed by atoms with van der Waals surface area (Å²) in [4.78, 5) is 0. The van der Waals surface area contributed by atoms with Crippen LogP contribution in [0, 0.1) is 5.41 Å². The Balaban J connectivity index is 2.47. The first-order valence-corrected chi connectivity index (χ1v) is 6.51. The largest absolute Gasteiger partial charge is 0.386 e. The van der Waals surface area contributed by atoms with Crippen LogP contribution < -0.4 is 10.5 Å². The van der Waals surface area contributed by atoms with Crippen molar-refractivity contribution >= 4 is 15.9 Å². The van der Waals surface area contributed by atoms with Crippen molar-refractivity contribution in [1.82, 2.24) is 4.72 Å². The zero-order valence-electron chi connectivity index (χ0n) is 8.69. The van der Waals surface area contributed by atoms with Crippen LogP contribution in [0.2, 0.25) is 0 Å². The number of amidine groups is 1. The molecule has 0 aromatic carbocycles. The highest BCUT2D eigenvalue weighted by Crippen LogP contribution is 2.13. The summed E-state index contributed by atoms with van der Waals surface area (Å²) < 4.78 is 30.7. The lowest BCUT2D eigenvalue weighted by Crippen LogP contribution is -2.44. The van der Waals surface area contributed by atoms with Gasteiger partial charge in [0.25, 0.3) is 0 Å². The summed E-state index contributed by atoms with van der Waals surface area (Å²) in [5.41, 5.74) is 5.18. The van der Waals surface area contributed by atoms with Gasteiger partial charge in [0, 0.05) is 6.61 Å². The predicted octanol–water partition coefficient (Wildman–Crippen LogP) is -0.591. The van der Waals surface area contributed by atoms with E-state index in [0.717, 1.165) is 12.8 Å². The number of nitrogens with two attached hydrogens (primary N) is 1. The molecule has 1 aliphatic rings. The highest BCUT2D eigenvalue weighted by Gasteiger charge is 2.24. The molecule has 1 saturated heterocycles. The van der Waals surface area contributed by atoms with E-state index < -0.39 is 16.1 Å². The SMILES string of the molecule is CC(NS(=O)(=O)CC1CCCO1)C(=N)N. The average Bonchev–Trinajstić information content (AvgIpc) is 2.54. The first-order chi connectivity index (χ1) is 6.91. The molecule has 6 nitrogen and oxygen atoms in total. The summed E-state index contributed by atoms with van der Waals surface area (Å²) >= 11 is 0. The van der Waals surface area contributed by atoms with Crippen molar-refractivity contribution < 1.29 is 13.2 Å². The van der Waals surface area contributed by atoms with Gasteiger partial charge in [0.2, 0.25) is 10.0 Å². The molecule has 1 fully saturated rings. The first-order valence-electron chi connectivity index (χ1n) is 4.86. The van der Waals surface area contributed by atoms with Crippen LogP contribution in [0.5, 0.6) is 0 Å². The minimum absolute atomic E-state index is 0.0510. The monoisotopic (exact) mass is 235 g/mol. The molecule has 0 amide bonds. The van der Waals surface area contributed by atoms with E-state index in [9.17, 15) is 8.42 Å². The quantitative estimate of drug-likeness (QED) is 0.437. The second-order valence-electron chi connectivity index (χ2n) is 3.71. The van der Waals surface area contributed by atoms with Crippen molar-refractivity contribution in [3.8, 4) is 0 Å². The second kappa shape index (κ2) is 4.91. The number of ether oxygens (including phenoxy) is 1. The summed E-state index contributed by atoms with van der Waals surface area (Å²) in [6, 6.07) is -0.656. The summed E-state index contributed by atoms with van der Waals surface area (Å²) in [6.07, 6.45) is 1.46. The van der Waals surface area contributed by atoms with E-state index in [0.29, 0.717) is 6.61 Å². The summed E-state index contributed by atoms with van der Waals surface area (Å²) in [5, 5.41) is 7.08. The van der Waals surface area contributed by atoms with Crippen LogP contribution in [0.15, 0.2) is 0 Å². The molecule has 0 aliphatic carbocycles. The fourth-order valence-corrected chi connectivity index (χ4v) is 2.92. The molecule has 7 heteroatoms. The molecule has 0 aromatic heterocycles. The third-order valence-electron chi connectivity index (χ3n) is 2.25. The Morgan fingerprint density at radius 3 is 2.87 bits per heavy atom. The standard InChI is InChI=1S/C8H17N3O3S/c1-6(8(9)10)11-15(12,13)5-7-3-2-4-14-7/h6-7,11H,2-5H2,1H3,(H3,9,10). The van der Waals surface area contributed by atoms with Crippen LogP contribution in [0.1, 0.15) is 19.8 Å². The van der Waals surface area contributed by atoms with E-state index >= 15 is 0 Å². The Kier molecular flexibility index (Phi) is 4.06. The fraction of sp³-hybridized carbons (Fsp3) is 0.875. The van der Waals surface area contributed by atoms with E-state index in [1.807, 2.05) is 0 Å². The fourth-order valence-electron chi connectivity index (χ4n) is 1.40. The molecule has 15 heavy (non-hydrogen) atoms. The highest BCUT2D eigenvalue weighted by molar-refractivity contribution is 7.89. The molecule has 1 rings (SSSR count). The number of rotatable bonds is 5. The maximum atomic E-state index is 11.6. The molecule has 2 atom stereocenters. The van der Waals surface area contributed by atoms with Gasteiger partial charge in [-0.05, 0) is 19.8 Å². The van der Waals surface area contributed by atoms with Crippen molar-refractivity contribution in [2.45, 2.75) is 31.9 Å². The number of nitrogens with one attached hydrogen (secondary N) is 2. The van der Waals surface area contributed by atoms with Crippen molar-refractivity contribution in [1.29, 1.82) is 5.41 Å². The molecule has 1 heterocycles. The van der Waals surface area contributed by atoms with E-state index in [1.165, 1.54) is 6.92 Å². The lowest BCUT2D eigenvalue weighted by Gasteiger charge is -2.15. The van der Waals surface area contributed by atoms with E-state index in [-0.39, 0.29) is 17.7 Å². The minimum atomic E-state index is -3.41. The number of hydrogen-bond donors (Lipinski definition) is 3. The summed E-state index contributed by atoms with van der Waals surface area (Å²) in [5.74, 6) is -0.240. The maximum absolute atomic E-state index is 11.6. The van der Waals surface area contributed by atoms with Gasteiger partial charge >= 0.3 is 0 Å². The molecule has 88 valence electrons. The molecule has 0 radical (unpaired) electrons. The lowest BCUT2D eigenvalue weighted by molar-refractivity contribution is 0.127. The van der Waals surface area contributed by atoms with Gasteiger partial charge in [0.05, 0.1) is 17.9 Å². The molecule has 0 bridgehead atoms. The Morgan fingerprint density at radius 1 is 1.73 bits per heavy atom. The molecule has 1 aliphatic heterocycles.